The lowest BCUT2D eigenvalue weighted by Gasteiger charge is -2.14. The van der Waals surface area contributed by atoms with E-state index in [0.717, 1.165) is 17.0 Å². The van der Waals surface area contributed by atoms with Gasteiger partial charge < -0.3 is 10.1 Å². The van der Waals surface area contributed by atoms with E-state index in [4.69, 9.17) is 4.74 Å². The molecule has 1 amide bonds. The smallest absolute Gasteiger partial charge is 0.295 e. The van der Waals surface area contributed by atoms with Gasteiger partial charge in [-0.2, -0.15) is 0 Å². The number of nitrogens with one attached hydrogen (secondary N) is 1. The Morgan fingerprint density at radius 3 is 2.44 bits per heavy atom. The molecule has 0 radical (unpaired) electrons. The Bertz CT molecular complexity index is 1070. The van der Waals surface area contributed by atoms with Crippen LogP contribution in [-0.4, -0.2) is 21.4 Å². The summed E-state index contributed by atoms with van der Waals surface area (Å²) in [7, 11) is 1.80. The predicted octanol–water partition coefficient (Wildman–Crippen LogP) is 2.99. The summed E-state index contributed by atoms with van der Waals surface area (Å²) in [6.45, 7) is 3.76. The number of ether oxygens (including phenoxy) is 1. The highest BCUT2D eigenvalue weighted by Gasteiger charge is 2.36. The van der Waals surface area contributed by atoms with Gasteiger partial charge in [-0.15, -0.1) is 0 Å². The first-order valence-electron chi connectivity index (χ1n) is 8.89. The zero-order valence-corrected chi connectivity index (χ0v) is 15.5. The van der Waals surface area contributed by atoms with Crippen LogP contribution in [0.1, 0.15) is 24.1 Å². The van der Waals surface area contributed by atoms with Crippen molar-refractivity contribution < 1.29 is 9.53 Å². The Hall–Kier alpha value is -3.28. The Morgan fingerprint density at radius 2 is 1.74 bits per heavy atom. The number of rotatable bonds is 3. The van der Waals surface area contributed by atoms with Crippen LogP contribution >= 0.6 is 0 Å². The predicted molar refractivity (Wildman–Crippen MR) is 104 cm³/mol. The summed E-state index contributed by atoms with van der Waals surface area (Å²) in [5, 5.41) is 2.80. The van der Waals surface area contributed by atoms with Gasteiger partial charge in [-0.1, -0.05) is 43.3 Å². The average Bonchev–Trinajstić information content (AvgIpc) is 3.12. The zero-order valence-electron chi connectivity index (χ0n) is 15.5. The van der Waals surface area contributed by atoms with Gasteiger partial charge in [0.2, 0.25) is 0 Å². The van der Waals surface area contributed by atoms with Crippen LogP contribution in [0.5, 0.6) is 5.75 Å². The molecule has 0 bridgehead atoms. The van der Waals surface area contributed by atoms with Crippen LogP contribution in [0.25, 0.3) is 5.69 Å². The summed E-state index contributed by atoms with van der Waals surface area (Å²) in [5.74, 6) is 0.322. The molecule has 0 aliphatic carbocycles. The van der Waals surface area contributed by atoms with Crippen molar-refractivity contribution in [1.82, 2.24) is 9.36 Å². The van der Waals surface area contributed by atoms with E-state index in [1.807, 2.05) is 68.4 Å². The van der Waals surface area contributed by atoms with Crippen molar-refractivity contribution in [3.8, 4) is 11.4 Å². The number of para-hydroxylation sites is 2. The molecule has 3 aromatic rings. The van der Waals surface area contributed by atoms with Gasteiger partial charge in [0.1, 0.15) is 11.4 Å². The number of carbonyl (C=O) groups is 1. The Balaban J connectivity index is 1.65. The molecule has 0 saturated heterocycles. The summed E-state index contributed by atoms with van der Waals surface area (Å²) in [5.41, 5.74) is 2.44. The third kappa shape index (κ3) is 2.73. The lowest BCUT2D eigenvalue weighted by molar-refractivity contribution is -0.122. The number of nitrogens with zero attached hydrogens (tertiary/aromatic N) is 2. The topological polar surface area (TPSA) is 65.3 Å². The van der Waals surface area contributed by atoms with Crippen molar-refractivity contribution in [2.45, 2.75) is 25.9 Å². The molecule has 6 heteroatoms. The molecule has 1 aromatic heterocycles. The van der Waals surface area contributed by atoms with Gasteiger partial charge in [-0.25, -0.2) is 4.68 Å². The number of fused-ring (bicyclic) bond motifs is 1. The van der Waals surface area contributed by atoms with E-state index in [1.54, 1.807) is 16.4 Å². The van der Waals surface area contributed by atoms with E-state index in [-0.39, 0.29) is 23.1 Å². The van der Waals surface area contributed by atoms with Crippen LogP contribution < -0.4 is 15.6 Å². The highest BCUT2D eigenvalue weighted by atomic mass is 16.5. The van der Waals surface area contributed by atoms with E-state index in [1.165, 1.54) is 0 Å². The minimum absolute atomic E-state index is 0.0819. The second kappa shape index (κ2) is 6.46. The normalized spacial score (nSPS) is 18.0. The highest BCUT2D eigenvalue weighted by Crippen LogP contribution is 2.38. The number of hydrogen-bond acceptors (Lipinski definition) is 3. The number of amides is 1. The van der Waals surface area contributed by atoms with Gasteiger partial charge in [0.05, 0.1) is 11.4 Å². The van der Waals surface area contributed by atoms with Crippen molar-refractivity contribution in [3.05, 3.63) is 76.2 Å². The first-order chi connectivity index (χ1) is 13.0. The van der Waals surface area contributed by atoms with Crippen LogP contribution in [0.4, 0.5) is 5.69 Å². The molecule has 1 N–H and O–H groups in total. The van der Waals surface area contributed by atoms with Crippen molar-refractivity contribution in [2.24, 2.45) is 7.05 Å². The first kappa shape index (κ1) is 17.1. The monoisotopic (exact) mass is 363 g/mol. The van der Waals surface area contributed by atoms with Gasteiger partial charge >= 0.3 is 0 Å². The fraction of sp³-hybridized carbons (Fsp3) is 0.238. The molecule has 1 aliphatic heterocycles. The van der Waals surface area contributed by atoms with Crippen molar-refractivity contribution >= 4 is 11.6 Å². The number of carbonyl (C=O) groups excluding carboxylic acids is 1. The molecule has 0 spiro atoms. The van der Waals surface area contributed by atoms with Crippen LogP contribution in [0.3, 0.4) is 0 Å². The number of benzene rings is 2. The molecule has 0 saturated carbocycles. The Kier molecular flexibility index (Phi) is 4.11. The van der Waals surface area contributed by atoms with Gasteiger partial charge in [0.15, 0.2) is 6.10 Å². The van der Waals surface area contributed by atoms with Crippen molar-refractivity contribution in [3.63, 3.8) is 0 Å². The molecule has 2 atom stereocenters. The SMILES string of the molecule is Cc1c(NC(=O)[C@H]2Oc3ccccc3[C@@H]2C)c(=O)n(-c2ccccc2)n1C. The fourth-order valence-electron chi connectivity index (χ4n) is 3.55. The van der Waals surface area contributed by atoms with E-state index in [9.17, 15) is 9.59 Å². The Morgan fingerprint density at radius 1 is 1.07 bits per heavy atom. The van der Waals surface area contributed by atoms with E-state index < -0.39 is 6.10 Å². The molecule has 138 valence electrons. The maximum absolute atomic E-state index is 12.9. The number of anilines is 1. The lowest BCUT2D eigenvalue weighted by atomic mass is 9.97. The van der Waals surface area contributed by atoms with Gasteiger partial charge in [-0.05, 0) is 25.1 Å². The van der Waals surface area contributed by atoms with Crippen molar-refractivity contribution in [2.75, 3.05) is 5.32 Å². The minimum atomic E-state index is -0.661. The summed E-state index contributed by atoms with van der Waals surface area (Å²) in [6, 6.07) is 17.0. The number of hydrogen-bond donors (Lipinski definition) is 1. The quantitative estimate of drug-likeness (QED) is 0.778. The van der Waals surface area contributed by atoms with Gasteiger partial charge in [-0.3, -0.25) is 14.3 Å². The summed E-state index contributed by atoms with van der Waals surface area (Å²) < 4.78 is 9.10. The zero-order chi connectivity index (χ0) is 19.1. The lowest BCUT2D eigenvalue weighted by Crippen LogP contribution is -2.35. The number of aromatic nitrogens is 2. The molecule has 2 aromatic carbocycles. The largest absolute Gasteiger partial charge is 0.480 e. The first-order valence-corrected chi connectivity index (χ1v) is 8.89. The molecule has 4 rings (SSSR count). The standard InChI is InChI=1S/C21H21N3O3/c1-13-16-11-7-8-12-17(16)27-19(13)20(25)22-18-14(2)23(3)24(21(18)26)15-9-5-4-6-10-15/h4-13,19H,1-3H3,(H,22,25)/t13-,19-/m0/s1. The summed E-state index contributed by atoms with van der Waals surface area (Å²) in [6.07, 6.45) is -0.661. The summed E-state index contributed by atoms with van der Waals surface area (Å²) >= 11 is 0. The summed E-state index contributed by atoms with van der Waals surface area (Å²) in [4.78, 5) is 25.8. The fourth-order valence-corrected chi connectivity index (χ4v) is 3.55. The van der Waals surface area contributed by atoms with Gasteiger partial charge in [0.25, 0.3) is 11.5 Å². The van der Waals surface area contributed by atoms with E-state index in [0.29, 0.717) is 5.69 Å². The minimum Gasteiger partial charge on any atom is -0.480 e. The second-order valence-electron chi connectivity index (χ2n) is 6.79. The van der Waals surface area contributed by atoms with Crippen LogP contribution in [0.15, 0.2) is 59.4 Å². The van der Waals surface area contributed by atoms with Crippen LogP contribution in [0, 0.1) is 6.92 Å². The molecular formula is C21H21N3O3. The molecule has 6 nitrogen and oxygen atoms in total. The molecule has 1 aliphatic rings. The second-order valence-corrected chi connectivity index (χ2v) is 6.79. The molecule has 0 unspecified atom stereocenters. The molecule has 27 heavy (non-hydrogen) atoms. The third-order valence-electron chi connectivity index (χ3n) is 5.18. The average molecular weight is 363 g/mol. The molecular weight excluding hydrogens is 342 g/mol. The molecule has 2 heterocycles. The maximum atomic E-state index is 12.9. The third-order valence-corrected chi connectivity index (χ3v) is 5.18. The molecule has 0 fully saturated rings. The Labute approximate surface area is 157 Å². The van der Waals surface area contributed by atoms with Crippen LogP contribution in [0.2, 0.25) is 0 Å². The van der Waals surface area contributed by atoms with E-state index in [2.05, 4.69) is 5.32 Å². The van der Waals surface area contributed by atoms with Gasteiger partial charge in [0, 0.05) is 18.5 Å². The maximum Gasteiger partial charge on any atom is 0.295 e. The van der Waals surface area contributed by atoms with E-state index >= 15 is 0 Å². The highest BCUT2D eigenvalue weighted by molar-refractivity contribution is 5.96. The van der Waals surface area contributed by atoms with Crippen LogP contribution in [-0.2, 0) is 11.8 Å². The van der Waals surface area contributed by atoms with Crippen molar-refractivity contribution in [1.29, 1.82) is 0 Å².